The maximum absolute atomic E-state index is 13.8. The van der Waals surface area contributed by atoms with Crippen LogP contribution in [0.4, 0.5) is 8.78 Å². The van der Waals surface area contributed by atoms with Crippen LogP contribution in [0, 0.1) is 11.6 Å². The second kappa shape index (κ2) is 9.07. The van der Waals surface area contributed by atoms with Gasteiger partial charge in [-0.25, -0.2) is 13.6 Å². The van der Waals surface area contributed by atoms with Gasteiger partial charge in [0, 0.05) is 19.6 Å². The van der Waals surface area contributed by atoms with Crippen molar-refractivity contribution in [1.29, 1.82) is 0 Å². The first-order valence-corrected chi connectivity index (χ1v) is 10.2. The molecule has 1 fully saturated rings. The van der Waals surface area contributed by atoms with Crippen LogP contribution in [0.2, 0.25) is 0 Å². The Labute approximate surface area is 167 Å². The van der Waals surface area contributed by atoms with Gasteiger partial charge in [-0.1, -0.05) is 13.0 Å². The van der Waals surface area contributed by atoms with E-state index in [-0.39, 0.29) is 18.3 Å². The lowest BCUT2D eigenvalue weighted by molar-refractivity contribution is -0.132. The molecule has 1 aromatic carbocycles. The fraction of sp³-hybridized carbons (Fsp3) is 0.450. The van der Waals surface area contributed by atoms with Gasteiger partial charge in [0.2, 0.25) is 0 Å². The summed E-state index contributed by atoms with van der Waals surface area (Å²) in [7, 11) is 0. The molecule has 28 heavy (non-hydrogen) atoms. The molecule has 5 nitrogen and oxygen atoms in total. The Morgan fingerprint density at radius 2 is 2.00 bits per heavy atom. The number of carboxylic acids is 1. The Morgan fingerprint density at radius 1 is 1.29 bits per heavy atom. The molecule has 0 radical (unpaired) electrons. The van der Waals surface area contributed by atoms with Crippen molar-refractivity contribution < 1.29 is 23.4 Å². The van der Waals surface area contributed by atoms with E-state index in [4.69, 9.17) is 4.74 Å². The van der Waals surface area contributed by atoms with Gasteiger partial charge in [-0.15, -0.1) is 11.8 Å². The van der Waals surface area contributed by atoms with Crippen molar-refractivity contribution in [3.63, 3.8) is 0 Å². The summed E-state index contributed by atoms with van der Waals surface area (Å²) in [5, 5.41) is 10.4. The van der Waals surface area contributed by atoms with Crippen LogP contribution in [0.5, 0.6) is 0 Å². The van der Waals surface area contributed by atoms with E-state index >= 15 is 0 Å². The minimum atomic E-state index is -0.986. The molecule has 2 aliphatic heterocycles. The number of aliphatic carboxylic acids is 1. The first-order valence-electron chi connectivity index (χ1n) is 9.24. The summed E-state index contributed by atoms with van der Waals surface area (Å²) in [6.45, 7) is 6.70. The number of halogens is 2. The average Bonchev–Trinajstić information content (AvgIpc) is 2.67. The third-order valence-electron chi connectivity index (χ3n) is 4.84. The predicted octanol–water partition coefficient (Wildman–Crippen LogP) is 3.43. The molecule has 0 spiro atoms. The van der Waals surface area contributed by atoms with Crippen LogP contribution in [-0.2, 0) is 16.1 Å². The molecule has 2 heterocycles. The van der Waals surface area contributed by atoms with E-state index in [1.807, 2.05) is 24.8 Å². The summed E-state index contributed by atoms with van der Waals surface area (Å²) in [4.78, 5) is 16.1. The highest BCUT2D eigenvalue weighted by Gasteiger charge is 2.34. The van der Waals surface area contributed by atoms with Crippen LogP contribution in [-0.4, -0.2) is 59.1 Å². The summed E-state index contributed by atoms with van der Waals surface area (Å²) in [6, 6.07) is 3.81. The van der Waals surface area contributed by atoms with Gasteiger partial charge < -0.3 is 14.7 Å². The highest BCUT2D eigenvalue weighted by molar-refractivity contribution is 8.03. The van der Waals surface area contributed by atoms with Gasteiger partial charge in [0.25, 0.3) is 0 Å². The third kappa shape index (κ3) is 4.39. The van der Waals surface area contributed by atoms with Crippen molar-refractivity contribution in [1.82, 2.24) is 9.80 Å². The minimum absolute atomic E-state index is 0.172. The van der Waals surface area contributed by atoms with E-state index in [2.05, 4.69) is 4.90 Å². The number of hydrogen-bond acceptors (Lipinski definition) is 5. The van der Waals surface area contributed by atoms with E-state index in [0.717, 1.165) is 19.2 Å². The number of rotatable bonds is 6. The lowest BCUT2D eigenvalue weighted by Gasteiger charge is -2.44. The monoisotopic (exact) mass is 410 g/mol. The third-order valence-corrected chi connectivity index (χ3v) is 5.84. The van der Waals surface area contributed by atoms with Crippen LogP contribution >= 0.6 is 11.8 Å². The topological polar surface area (TPSA) is 53.0 Å². The molecule has 0 aliphatic carbocycles. The van der Waals surface area contributed by atoms with Gasteiger partial charge in [0.1, 0.15) is 6.17 Å². The zero-order chi connectivity index (χ0) is 20.3. The molecule has 2 aliphatic rings. The first kappa shape index (κ1) is 20.8. The van der Waals surface area contributed by atoms with Crippen LogP contribution in [0.15, 0.2) is 40.5 Å². The highest BCUT2D eigenvalue weighted by atomic mass is 32.2. The number of carboxylic acid groups (broad SMARTS) is 1. The second-order valence-electron chi connectivity index (χ2n) is 6.71. The van der Waals surface area contributed by atoms with Gasteiger partial charge in [-0.05, 0) is 42.0 Å². The standard InChI is InChI=1S/C20H24F2N2O3S/c1-3-28-19-18(20(25)26)13(2)10-17(23-6-8-27-9-7-23)24(19)12-14-4-5-15(21)16(22)11-14/h4-5,10-11,17H,3,6-9,12H2,1-2H3,(H,25,26). The van der Waals surface area contributed by atoms with Crippen molar-refractivity contribution in [2.45, 2.75) is 26.6 Å². The molecule has 0 bridgehead atoms. The number of nitrogens with zero attached hydrogens (tertiary/aromatic N) is 2. The van der Waals surface area contributed by atoms with Gasteiger partial charge in [-0.3, -0.25) is 4.90 Å². The number of ether oxygens (including phenoxy) is 1. The minimum Gasteiger partial charge on any atom is -0.478 e. The van der Waals surface area contributed by atoms with Crippen LogP contribution in [0.1, 0.15) is 19.4 Å². The van der Waals surface area contributed by atoms with Crippen LogP contribution in [0.25, 0.3) is 0 Å². The molecule has 1 N–H and O–H groups in total. The van der Waals surface area contributed by atoms with Crippen molar-refractivity contribution in [3.05, 3.63) is 57.6 Å². The molecule has 0 saturated carbocycles. The Hall–Kier alpha value is -1.90. The Bertz CT molecular complexity index is 807. The van der Waals surface area contributed by atoms with Crippen molar-refractivity contribution in [3.8, 4) is 0 Å². The SMILES string of the molecule is CCSC1=C(C(=O)O)C(C)=CC(N2CCOCC2)N1Cc1ccc(F)c(F)c1. The van der Waals surface area contributed by atoms with Gasteiger partial charge in [0.15, 0.2) is 11.6 Å². The number of thioether (sulfide) groups is 1. The van der Waals surface area contributed by atoms with E-state index in [1.165, 1.54) is 23.9 Å². The maximum atomic E-state index is 13.8. The lowest BCUT2D eigenvalue weighted by atomic mass is 10.0. The molecule has 152 valence electrons. The van der Waals surface area contributed by atoms with E-state index in [9.17, 15) is 18.7 Å². The fourth-order valence-electron chi connectivity index (χ4n) is 3.53. The number of hydrogen-bond donors (Lipinski definition) is 1. The Kier molecular flexibility index (Phi) is 6.74. The summed E-state index contributed by atoms with van der Waals surface area (Å²) in [5.41, 5.74) is 1.56. The van der Waals surface area contributed by atoms with E-state index < -0.39 is 17.6 Å². The summed E-state index contributed by atoms with van der Waals surface area (Å²) in [5.74, 6) is -2.09. The molecule has 0 aromatic heterocycles. The largest absolute Gasteiger partial charge is 0.478 e. The zero-order valence-corrected chi connectivity index (χ0v) is 16.8. The molecular formula is C20H24F2N2O3S. The highest BCUT2D eigenvalue weighted by Crippen LogP contribution is 2.37. The predicted molar refractivity (Wildman–Crippen MR) is 105 cm³/mol. The normalized spacial score (nSPS) is 21.1. The smallest absolute Gasteiger partial charge is 0.338 e. The average molecular weight is 410 g/mol. The molecule has 1 aromatic rings. The second-order valence-corrected chi connectivity index (χ2v) is 7.96. The van der Waals surface area contributed by atoms with E-state index in [1.54, 1.807) is 0 Å². The lowest BCUT2D eigenvalue weighted by Crippen LogP contribution is -2.52. The first-order chi connectivity index (χ1) is 13.4. The summed E-state index contributed by atoms with van der Waals surface area (Å²) < 4.78 is 32.6. The zero-order valence-electron chi connectivity index (χ0n) is 16.0. The van der Waals surface area contributed by atoms with Gasteiger partial charge in [-0.2, -0.15) is 0 Å². The van der Waals surface area contributed by atoms with Crippen molar-refractivity contribution >= 4 is 17.7 Å². The number of morpholine rings is 1. The molecule has 1 unspecified atom stereocenters. The fourth-order valence-corrected chi connectivity index (χ4v) is 4.53. The Morgan fingerprint density at radius 3 is 2.61 bits per heavy atom. The maximum Gasteiger partial charge on any atom is 0.338 e. The molecule has 1 atom stereocenters. The molecule has 1 saturated heterocycles. The number of benzene rings is 1. The van der Waals surface area contributed by atoms with Crippen LogP contribution < -0.4 is 0 Å². The molecular weight excluding hydrogens is 386 g/mol. The number of carbonyl (C=O) groups is 1. The molecule has 0 amide bonds. The molecule has 3 rings (SSSR count). The van der Waals surface area contributed by atoms with Gasteiger partial charge >= 0.3 is 5.97 Å². The Balaban J connectivity index is 2.02. The summed E-state index contributed by atoms with van der Waals surface area (Å²) >= 11 is 1.45. The van der Waals surface area contributed by atoms with Crippen molar-refractivity contribution in [2.24, 2.45) is 0 Å². The summed E-state index contributed by atoms with van der Waals surface area (Å²) in [6.07, 6.45) is 1.77. The van der Waals surface area contributed by atoms with Crippen LogP contribution in [0.3, 0.4) is 0 Å². The van der Waals surface area contributed by atoms with Gasteiger partial charge in [0.05, 0.1) is 23.8 Å². The quantitative estimate of drug-likeness (QED) is 0.776. The molecule has 8 heteroatoms. The van der Waals surface area contributed by atoms with Crippen molar-refractivity contribution in [2.75, 3.05) is 32.1 Å². The van der Waals surface area contributed by atoms with E-state index in [0.29, 0.717) is 35.1 Å².